The van der Waals surface area contributed by atoms with Crippen molar-refractivity contribution in [1.29, 1.82) is 0 Å². The van der Waals surface area contributed by atoms with Gasteiger partial charge in [0.05, 0.1) is 23.0 Å². The van der Waals surface area contributed by atoms with Crippen LogP contribution in [0.1, 0.15) is 21.5 Å². The molecule has 2 aliphatic rings. The molecule has 7 N–H and O–H groups in total. The van der Waals surface area contributed by atoms with Gasteiger partial charge in [-0.25, -0.2) is 4.79 Å². The third kappa shape index (κ3) is 2.70. The van der Waals surface area contributed by atoms with Gasteiger partial charge in [0.2, 0.25) is 0 Å². The second-order valence-electron chi connectivity index (χ2n) is 6.28. The van der Waals surface area contributed by atoms with Gasteiger partial charge in [-0.15, -0.1) is 0 Å². The van der Waals surface area contributed by atoms with Crippen LogP contribution in [0.5, 0.6) is 11.5 Å². The molecule has 0 radical (unpaired) electrons. The van der Waals surface area contributed by atoms with Crippen LogP contribution in [0.15, 0.2) is 59.9 Å². The zero-order chi connectivity index (χ0) is 19.3. The number of carbonyl (C=O) groups is 1. The van der Waals surface area contributed by atoms with E-state index in [0.717, 1.165) is 0 Å². The van der Waals surface area contributed by atoms with Crippen molar-refractivity contribution < 1.29 is 24.9 Å². The molecule has 2 aromatic rings. The van der Waals surface area contributed by atoms with E-state index in [1.54, 1.807) is 18.2 Å². The number of rotatable bonds is 2. The van der Waals surface area contributed by atoms with E-state index < -0.39 is 12.1 Å². The second-order valence-corrected chi connectivity index (χ2v) is 6.28. The van der Waals surface area contributed by atoms with E-state index >= 15 is 0 Å². The number of nitrogens with two attached hydrogens (primary N) is 2. The third-order valence-electron chi connectivity index (χ3n) is 4.49. The highest BCUT2D eigenvalue weighted by Crippen LogP contribution is 2.45. The van der Waals surface area contributed by atoms with Crippen LogP contribution in [0.4, 0.5) is 11.4 Å². The fourth-order valence-electron chi connectivity index (χ4n) is 3.25. The summed E-state index contributed by atoms with van der Waals surface area (Å²) in [5, 5.41) is 29.4. The number of aliphatic hydroxyl groups is 1. The Morgan fingerprint density at radius 2 is 1.81 bits per heavy atom. The average Bonchev–Trinajstić information content (AvgIpc) is 2.61. The van der Waals surface area contributed by atoms with E-state index in [4.69, 9.17) is 16.2 Å². The number of aromatic hydroxyl groups is 1. The van der Waals surface area contributed by atoms with Crippen LogP contribution in [0.3, 0.4) is 0 Å². The lowest BCUT2D eigenvalue weighted by Crippen LogP contribution is -2.17. The summed E-state index contributed by atoms with van der Waals surface area (Å²) in [4.78, 5) is 11.8. The maximum atomic E-state index is 11.8. The van der Waals surface area contributed by atoms with E-state index in [9.17, 15) is 20.1 Å². The van der Waals surface area contributed by atoms with Crippen LogP contribution in [-0.4, -0.2) is 27.4 Å². The Hall–Kier alpha value is -3.71. The van der Waals surface area contributed by atoms with Crippen LogP contribution in [0.2, 0.25) is 0 Å². The number of phenols is 1. The number of nitrogen functional groups attached to an aromatic ring is 2. The van der Waals surface area contributed by atoms with Gasteiger partial charge in [0, 0.05) is 22.8 Å². The zero-order valence-corrected chi connectivity index (χ0v) is 14.0. The summed E-state index contributed by atoms with van der Waals surface area (Å²) in [6.07, 6.45) is 3.90. The lowest BCUT2D eigenvalue weighted by Gasteiger charge is -2.28. The molecule has 0 spiro atoms. The molecule has 2 aromatic carbocycles. The lowest BCUT2D eigenvalue weighted by atomic mass is 9.85. The molecule has 7 heteroatoms. The fraction of sp³-hybridized carbons (Fsp3) is 0.0500. The number of carboxylic acid groups (broad SMARTS) is 1. The second kappa shape index (κ2) is 5.93. The number of aromatic carboxylic acids is 1. The molecule has 7 nitrogen and oxygen atoms in total. The maximum absolute atomic E-state index is 11.8. The SMILES string of the molecule is Nc1cc(C(=O)O)c(C2=C3C=CC(O)C=C3Oc3cc(O)ccc32)cc1N. The van der Waals surface area contributed by atoms with Crippen LogP contribution in [0.25, 0.3) is 5.57 Å². The van der Waals surface area contributed by atoms with Crippen molar-refractivity contribution in [3.05, 3.63) is 76.6 Å². The first-order valence-corrected chi connectivity index (χ1v) is 8.12. The van der Waals surface area contributed by atoms with Crippen molar-refractivity contribution in [1.82, 2.24) is 0 Å². The summed E-state index contributed by atoms with van der Waals surface area (Å²) in [5.74, 6) is -0.444. The molecule has 0 bridgehead atoms. The predicted octanol–water partition coefficient (Wildman–Crippen LogP) is 2.26. The molecule has 0 aromatic heterocycles. The Bertz CT molecular complexity index is 1080. The highest BCUT2D eigenvalue weighted by molar-refractivity contribution is 6.02. The molecule has 1 aliphatic carbocycles. The number of anilines is 2. The summed E-state index contributed by atoms with van der Waals surface area (Å²) in [5.41, 5.74) is 14.3. The highest BCUT2D eigenvalue weighted by Gasteiger charge is 2.29. The Kier molecular flexibility index (Phi) is 3.67. The fourth-order valence-corrected chi connectivity index (χ4v) is 3.25. The zero-order valence-electron chi connectivity index (χ0n) is 14.0. The number of fused-ring (bicyclic) bond motifs is 2. The Balaban J connectivity index is 2.09. The van der Waals surface area contributed by atoms with E-state index in [1.165, 1.54) is 30.3 Å². The van der Waals surface area contributed by atoms with Crippen molar-refractivity contribution in [2.75, 3.05) is 11.5 Å². The summed E-state index contributed by atoms with van der Waals surface area (Å²) < 4.78 is 5.82. The molecular weight excluding hydrogens is 348 g/mol. The Labute approximate surface area is 154 Å². The van der Waals surface area contributed by atoms with Gasteiger partial charge in [0.25, 0.3) is 0 Å². The number of ether oxygens (including phenoxy) is 1. The minimum absolute atomic E-state index is 0.000622. The third-order valence-corrected chi connectivity index (χ3v) is 4.49. The first-order chi connectivity index (χ1) is 12.8. The van der Waals surface area contributed by atoms with Gasteiger partial charge < -0.3 is 31.5 Å². The molecule has 0 saturated carbocycles. The monoisotopic (exact) mass is 364 g/mol. The number of carboxylic acids is 1. The Morgan fingerprint density at radius 1 is 1.07 bits per heavy atom. The minimum Gasteiger partial charge on any atom is -0.508 e. The quantitative estimate of drug-likeness (QED) is 0.515. The van der Waals surface area contributed by atoms with Crippen molar-refractivity contribution in [3.8, 4) is 11.5 Å². The number of hydrogen-bond acceptors (Lipinski definition) is 6. The molecule has 136 valence electrons. The summed E-state index contributed by atoms with van der Waals surface area (Å²) >= 11 is 0. The Morgan fingerprint density at radius 3 is 2.56 bits per heavy atom. The van der Waals surface area contributed by atoms with E-state index in [0.29, 0.717) is 33.8 Å². The van der Waals surface area contributed by atoms with Crippen molar-refractivity contribution in [2.24, 2.45) is 0 Å². The first-order valence-electron chi connectivity index (χ1n) is 8.12. The largest absolute Gasteiger partial charge is 0.508 e. The predicted molar refractivity (Wildman–Crippen MR) is 100 cm³/mol. The summed E-state index contributed by atoms with van der Waals surface area (Å²) in [7, 11) is 0. The minimum atomic E-state index is -1.15. The number of hydrogen-bond donors (Lipinski definition) is 5. The first kappa shape index (κ1) is 16.7. The van der Waals surface area contributed by atoms with Gasteiger partial charge in [-0.2, -0.15) is 0 Å². The number of benzene rings is 2. The lowest BCUT2D eigenvalue weighted by molar-refractivity contribution is 0.0696. The van der Waals surface area contributed by atoms with Crippen LogP contribution < -0.4 is 16.2 Å². The molecule has 0 fully saturated rings. The van der Waals surface area contributed by atoms with Gasteiger partial charge in [-0.05, 0) is 35.9 Å². The van der Waals surface area contributed by atoms with E-state index in [2.05, 4.69) is 0 Å². The smallest absolute Gasteiger partial charge is 0.336 e. The molecule has 0 amide bonds. The molecule has 1 atom stereocenters. The molecule has 1 aliphatic heterocycles. The molecule has 4 rings (SSSR count). The van der Waals surface area contributed by atoms with Gasteiger partial charge in [0.1, 0.15) is 17.3 Å². The molecular formula is C20H16N2O5. The molecule has 1 unspecified atom stereocenters. The summed E-state index contributed by atoms with van der Waals surface area (Å²) in [6, 6.07) is 7.39. The number of phenolic OH excluding ortho intramolecular Hbond substituents is 1. The topological polar surface area (TPSA) is 139 Å². The van der Waals surface area contributed by atoms with Crippen molar-refractivity contribution in [2.45, 2.75) is 6.10 Å². The van der Waals surface area contributed by atoms with Crippen LogP contribution >= 0.6 is 0 Å². The molecule has 0 saturated heterocycles. The van der Waals surface area contributed by atoms with Gasteiger partial charge >= 0.3 is 5.97 Å². The normalized spacial score (nSPS) is 17.7. The van der Waals surface area contributed by atoms with E-state index in [-0.39, 0.29) is 22.7 Å². The highest BCUT2D eigenvalue weighted by atomic mass is 16.5. The van der Waals surface area contributed by atoms with Crippen LogP contribution in [-0.2, 0) is 0 Å². The average molecular weight is 364 g/mol. The van der Waals surface area contributed by atoms with Crippen molar-refractivity contribution in [3.63, 3.8) is 0 Å². The van der Waals surface area contributed by atoms with Gasteiger partial charge in [-0.3, -0.25) is 0 Å². The maximum Gasteiger partial charge on any atom is 0.336 e. The number of allylic oxidation sites excluding steroid dienone is 1. The standard InChI is InChI=1S/C20H16N2O5/c21-15-7-13(14(20(25)26)8-16(15)22)19-11-3-1-9(23)5-17(11)27-18-6-10(24)2-4-12(18)19/h1-9,23-24H,21-22H2,(H,25,26). The van der Waals surface area contributed by atoms with Gasteiger partial charge in [0.15, 0.2) is 0 Å². The number of aliphatic hydroxyl groups excluding tert-OH is 1. The molecule has 27 heavy (non-hydrogen) atoms. The van der Waals surface area contributed by atoms with Gasteiger partial charge in [-0.1, -0.05) is 12.2 Å². The van der Waals surface area contributed by atoms with Crippen molar-refractivity contribution >= 4 is 22.9 Å². The van der Waals surface area contributed by atoms with E-state index in [1.807, 2.05) is 0 Å². The van der Waals surface area contributed by atoms with Crippen LogP contribution in [0, 0.1) is 0 Å². The summed E-state index contributed by atoms with van der Waals surface area (Å²) in [6.45, 7) is 0. The molecule has 1 heterocycles.